The van der Waals surface area contributed by atoms with Crippen LogP contribution < -0.4 is 14.8 Å². The third-order valence-electron chi connectivity index (χ3n) is 6.36. The minimum Gasteiger partial charge on any atom is -0.485 e. The molecule has 1 N–H and O–H groups in total. The van der Waals surface area contributed by atoms with Gasteiger partial charge in [0.1, 0.15) is 24.5 Å². The number of fused-ring (bicyclic) bond motifs is 3. The number of ether oxygens (including phenoxy) is 2. The van der Waals surface area contributed by atoms with Crippen molar-refractivity contribution >= 4 is 45.9 Å². The Labute approximate surface area is 208 Å². The van der Waals surface area contributed by atoms with Crippen LogP contribution in [0.1, 0.15) is 36.0 Å². The first-order valence-electron chi connectivity index (χ1n) is 11.3. The number of nitrogens with zero attached hydrogens (tertiary/aromatic N) is 3. The Kier molecular flexibility index (Phi) is 6.27. The molecule has 7 nitrogen and oxygen atoms in total. The summed E-state index contributed by atoms with van der Waals surface area (Å²) in [4.78, 5) is 21.7. The second-order valence-corrected chi connectivity index (χ2v) is 9.07. The maximum Gasteiger partial charge on any atom is 0.391 e. The summed E-state index contributed by atoms with van der Waals surface area (Å²) >= 11 is 6.13. The third-order valence-corrected chi connectivity index (χ3v) is 6.68. The summed E-state index contributed by atoms with van der Waals surface area (Å²) in [7, 11) is 1.69. The summed E-state index contributed by atoms with van der Waals surface area (Å²) < 4.78 is 66.4. The molecule has 0 saturated heterocycles. The monoisotopic (exact) mass is 524 g/mol. The van der Waals surface area contributed by atoms with E-state index in [2.05, 4.69) is 15.3 Å². The van der Waals surface area contributed by atoms with Crippen molar-refractivity contribution < 1.29 is 31.8 Å². The maximum atomic E-state index is 14.3. The number of hydrogen-bond acceptors (Lipinski definition) is 5. The topological polar surface area (TPSA) is 77.7 Å². The van der Waals surface area contributed by atoms with Crippen molar-refractivity contribution in [1.29, 1.82) is 0 Å². The van der Waals surface area contributed by atoms with Crippen molar-refractivity contribution in [2.45, 2.75) is 31.9 Å². The van der Waals surface area contributed by atoms with Gasteiger partial charge in [-0.1, -0.05) is 17.7 Å². The van der Waals surface area contributed by atoms with Gasteiger partial charge in [0.05, 0.1) is 27.7 Å². The number of nitrogens with one attached hydrogen (secondary N) is 1. The number of halogens is 5. The number of hydrogen-bond donors (Lipinski definition) is 1. The van der Waals surface area contributed by atoms with Crippen molar-refractivity contribution in [2.75, 3.05) is 18.5 Å². The minimum atomic E-state index is -4.25. The largest absolute Gasteiger partial charge is 0.485 e. The fourth-order valence-corrected chi connectivity index (χ4v) is 4.69. The van der Waals surface area contributed by atoms with Gasteiger partial charge in [-0.15, -0.1) is 0 Å². The highest BCUT2D eigenvalue weighted by molar-refractivity contribution is 6.33. The molecule has 36 heavy (non-hydrogen) atoms. The summed E-state index contributed by atoms with van der Waals surface area (Å²) in [5, 5.41) is 3.04. The molecule has 1 fully saturated rings. The summed E-state index contributed by atoms with van der Waals surface area (Å²) in [5.41, 5.74) is 1.43. The highest BCUT2D eigenvalue weighted by atomic mass is 35.5. The smallest absolute Gasteiger partial charge is 0.391 e. The molecule has 1 saturated carbocycles. The molecule has 1 aliphatic carbocycles. The lowest BCUT2D eigenvalue weighted by molar-refractivity contribution is -0.178. The van der Waals surface area contributed by atoms with Gasteiger partial charge in [-0.05, 0) is 43.9 Å². The molecule has 5 rings (SSSR count). The summed E-state index contributed by atoms with van der Waals surface area (Å²) in [6, 6.07) is 5.76. The van der Waals surface area contributed by atoms with Gasteiger partial charge < -0.3 is 19.4 Å². The molecule has 0 bridgehead atoms. The van der Waals surface area contributed by atoms with Crippen molar-refractivity contribution in [3.63, 3.8) is 0 Å². The van der Waals surface area contributed by atoms with Crippen LogP contribution in [0.5, 0.6) is 11.5 Å². The van der Waals surface area contributed by atoms with E-state index in [4.69, 9.17) is 21.1 Å². The highest BCUT2D eigenvalue weighted by Gasteiger charge is 2.41. The van der Waals surface area contributed by atoms with Crippen LogP contribution in [0.4, 0.5) is 29.2 Å². The number of aliphatic imine (C=N–C) groups is 1. The third kappa shape index (κ3) is 4.47. The van der Waals surface area contributed by atoms with E-state index < -0.39 is 23.8 Å². The predicted molar refractivity (Wildman–Crippen MR) is 126 cm³/mol. The number of aryl methyl sites for hydroxylation is 1. The Bertz CT molecular complexity index is 1360. The van der Waals surface area contributed by atoms with Gasteiger partial charge in [-0.25, -0.2) is 14.4 Å². The predicted octanol–water partition coefficient (Wildman–Crippen LogP) is 6.21. The standard InChI is InChI=1S/C24H21ClF4N4O3/c1-33-19-17(31-23(33)32-18-15(25)3-2-4-16(18)26)11-14(20-21(19)36-10-9-35-20)22(34)30-13-7-5-12(6-8-13)24(27,28)29/h2-4,11-12H,5-10H2,1H3,(H,31,32). The normalized spacial score (nSPS) is 17.8. The summed E-state index contributed by atoms with van der Waals surface area (Å²) in [6.45, 7) is 0.441. The van der Waals surface area contributed by atoms with Crippen molar-refractivity contribution in [3.8, 4) is 11.5 Å². The van der Waals surface area contributed by atoms with Gasteiger partial charge in [0.2, 0.25) is 5.95 Å². The lowest BCUT2D eigenvalue weighted by Crippen LogP contribution is -2.28. The number of aromatic nitrogens is 2. The number of benzene rings is 2. The first-order valence-corrected chi connectivity index (χ1v) is 11.7. The number of para-hydroxylation sites is 1. The number of anilines is 2. The van der Waals surface area contributed by atoms with Crippen LogP contribution in [-0.2, 0) is 7.05 Å². The van der Waals surface area contributed by atoms with Crippen LogP contribution in [0.3, 0.4) is 0 Å². The van der Waals surface area contributed by atoms with Gasteiger partial charge >= 0.3 is 6.18 Å². The van der Waals surface area contributed by atoms with Crippen LogP contribution in [-0.4, -0.2) is 40.6 Å². The summed E-state index contributed by atoms with van der Waals surface area (Å²) in [6.07, 6.45) is -4.25. The van der Waals surface area contributed by atoms with Gasteiger partial charge in [-0.3, -0.25) is 4.79 Å². The zero-order chi connectivity index (χ0) is 25.6. The fourth-order valence-electron chi connectivity index (χ4n) is 4.48. The number of carbonyl (C=O) groups excluding carboxylic acids is 1. The molecule has 1 aromatic heterocycles. The molecule has 2 aliphatic rings. The van der Waals surface area contributed by atoms with E-state index in [1.165, 1.54) is 24.3 Å². The fraction of sp³-hybridized carbons (Fsp3) is 0.375. The number of rotatable bonds is 3. The second kappa shape index (κ2) is 9.27. The zero-order valence-electron chi connectivity index (χ0n) is 19.1. The average Bonchev–Trinajstić information content (AvgIpc) is 3.16. The Morgan fingerprint density at radius 3 is 2.56 bits per heavy atom. The second-order valence-electron chi connectivity index (χ2n) is 8.66. The first kappa shape index (κ1) is 24.4. The molecule has 2 aromatic carbocycles. The Morgan fingerprint density at radius 2 is 1.89 bits per heavy atom. The van der Waals surface area contributed by atoms with E-state index in [-0.39, 0.29) is 72.6 Å². The van der Waals surface area contributed by atoms with Crippen molar-refractivity contribution in [2.24, 2.45) is 18.0 Å². The van der Waals surface area contributed by atoms with Crippen molar-refractivity contribution in [1.82, 2.24) is 9.55 Å². The SMILES string of the molecule is Cn1c(Nc2c(F)cccc2Cl)nc2cc(C(=O)N=C3CCC(C(F)(F)F)CC3)c3c(c21)OCCO3. The molecule has 0 spiro atoms. The minimum absolute atomic E-state index is 0.0424. The maximum absolute atomic E-state index is 14.3. The van der Waals surface area contributed by atoms with Crippen LogP contribution >= 0.6 is 11.6 Å². The van der Waals surface area contributed by atoms with E-state index in [0.29, 0.717) is 16.7 Å². The van der Waals surface area contributed by atoms with Crippen LogP contribution in [0.15, 0.2) is 29.3 Å². The lowest BCUT2D eigenvalue weighted by Gasteiger charge is -2.25. The average molecular weight is 525 g/mol. The van der Waals surface area contributed by atoms with Crippen molar-refractivity contribution in [3.05, 3.63) is 40.7 Å². The molecule has 0 radical (unpaired) electrons. The molecule has 0 atom stereocenters. The van der Waals surface area contributed by atoms with Crippen LogP contribution in [0.25, 0.3) is 11.0 Å². The Hall–Kier alpha value is -3.34. The van der Waals surface area contributed by atoms with Crippen LogP contribution in [0, 0.1) is 11.7 Å². The molecule has 2 heterocycles. The number of imidazole rings is 1. The molecule has 0 unspecified atom stereocenters. The highest BCUT2D eigenvalue weighted by Crippen LogP contribution is 2.43. The number of carbonyl (C=O) groups is 1. The summed E-state index contributed by atoms with van der Waals surface area (Å²) in [5.74, 6) is -1.87. The molecule has 190 valence electrons. The van der Waals surface area contributed by atoms with E-state index in [1.54, 1.807) is 11.6 Å². The molecule has 12 heteroatoms. The molecular weight excluding hydrogens is 504 g/mol. The molecular formula is C24H21ClF4N4O3. The van der Waals surface area contributed by atoms with E-state index >= 15 is 0 Å². The Morgan fingerprint density at radius 1 is 1.19 bits per heavy atom. The molecule has 1 amide bonds. The molecule has 3 aromatic rings. The van der Waals surface area contributed by atoms with Gasteiger partial charge in [0.25, 0.3) is 5.91 Å². The van der Waals surface area contributed by atoms with E-state index in [9.17, 15) is 22.4 Å². The Balaban J connectivity index is 1.51. The first-order chi connectivity index (χ1) is 17.1. The van der Waals surface area contributed by atoms with Gasteiger partial charge in [-0.2, -0.15) is 13.2 Å². The quantitative estimate of drug-likeness (QED) is 0.412. The van der Waals surface area contributed by atoms with E-state index in [0.717, 1.165) is 0 Å². The van der Waals surface area contributed by atoms with Gasteiger partial charge in [0.15, 0.2) is 11.5 Å². The van der Waals surface area contributed by atoms with Crippen LogP contribution in [0.2, 0.25) is 5.02 Å². The number of alkyl halides is 3. The number of amides is 1. The van der Waals surface area contributed by atoms with Gasteiger partial charge in [0, 0.05) is 12.8 Å². The van der Waals surface area contributed by atoms with E-state index in [1.807, 2.05) is 0 Å². The lowest BCUT2D eigenvalue weighted by atomic mass is 9.87. The zero-order valence-corrected chi connectivity index (χ0v) is 19.8. The molecule has 1 aliphatic heterocycles.